The molecule has 1 heterocycles. The zero-order valence-electron chi connectivity index (χ0n) is 6.65. The summed E-state index contributed by atoms with van der Waals surface area (Å²) in [6, 6.07) is 1.97. The first kappa shape index (κ1) is 8.88. The molecule has 0 aromatic carbocycles. The first-order chi connectivity index (χ1) is 5.79. The molecule has 12 heavy (non-hydrogen) atoms. The Morgan fingerprint density at radius 1 is 1.92 bits per heavy atom. The summed E-state index contributed by atoms with van der Waals surface area (Å²) in [6.45, 7) is 1.83. The van der Waals surface area contributed by atoms with E-state index < -0.39 is 5.92 Å². The van der Waals surface area contributed by atoms with Crippen LogP contribution in [0.4, 0.5) is 0 Å². The summed E-state index contributed by atoms with van der Waals surface area (Å²) in [4.78, 5) is 15.8. The molecule has 0 aliphatic heterocycles. The first-order valence-electron chi connectivity index (χ1n) is 3.62. The molecule has 1 rings (SSSR count). The summed E-state index contributed by atoms with van der Waals surface area (Å²) in [6.07, 6.45) is 2.07. The van der Waals surface area contributed by atoms with Crippen LogP contribution in [0.2, 0.25) is 0 Å². The third-order valence-electron chi connectivity index (χ3n) is 1.56. The molecular weight excluding hydrogens is 172 g/mol. The maximum Gasteiger partial charge on any atom is 0.191 e. The third kappa shape index (κ3) is 1.69. The van der Waals surface area contributed by atoms with E-state index in [0.717, 1.165) is 0 Å². The van der Waals surface area contributed by atoms with Crippen LogP contribution in [0.3, 0.4) is 0 Å². The average Bonchev–Trinajstić information content (AvgIpc) is 2.58. The number of nitrogens with zero attached hydrogens (tertiary/aromatic N) is 2. The lowest BCUT2D eigenvalue weighted by molar-refractivity contribution is 0.0950. The molecule has 0 N–H and O–H groups in total. The van der Waals surface area contributed by atoms with Crippen LogP contribution in [-0.2, 0) is 0 Å². The quantitative estimate of drug-likeness (QED) is 0.667. The molecule has 1 unspecified atom stereocenters. The Hall–Kier alpha value is -1.21. The van der Waals surface area contributed by atoms with Gasteiger partial charge in [0, 0.05) is 6.20 Å². The molecule has 1 atom stereocenters. The number of carbonyl (C=O) groups is 1. The van der Waals surface area contributed by atoms with Gasteiger partial charge in [0.25, 0.3) is 0 Å². The van der Waals surface area contributed by atoms with Crippen molar-refractivity contribution in [1.29, 1.82) is 5.26 Å². The molecule has 0 amide bonds. The van der Waals surface area contributed by atoms with Crippen molar-refractivity contribution >= 4 is 17.1 Å². The van der Waals surface area contributed by atoms with Gasteiger partial charge in [0.1, 0.15) is 5.92 Å². The van der Waals surface area contributed by atoms with E-state index >= 15 is 0 Å². The molecule has 0 saturated heterocycles. The lowest BCUT2D eigenvalue weighted by Crippen LogP contribution is -2.10. The second-order valence-corrected chi connectivity index (χ2v) is 3.21. The van der Waals surface area contributed by atoms with Gasteiger partial charge in [-0.05, 0) is 6.42 Å². The highest BCUT2D eigenvalue weighted by Crippen LogP contribution is 2.14. The summed E-state index contributed by atoms with van der Waals surface area (Å²) in [7, 11) is 0. The van der Waals surface area contributed by atoms with Gasteiger partial charge in [0.05, 0.1) is 16.5 Å². The fourth-order valence-corrected chi connectivity index (χ4v) is 1.46. The molecular formula is C8H8N2OS. The van der Waals surface area contributed by atoms with Crippen molar-refractivity contribution in [2.75, 3.05) is 0 Å². The van der Waals surface area contributed by atoms with Crippen molar-refractivity contribution in [3.05, 3.63) is 16.6 Å². The summed E-state index contributed by atoms with van der Waals surface area (Å²) >= 11 is 1.28. The standard InChI is InChI=1S/C8H8N2OS/c1-2-6(3-9)8(11)7-4-10-5-12-7/h4-6H,2H2,1H3. The van der Waals surface area contributed by atoms with Gasteiger partial charge in [0.2, 0.25) is 0 Å². The number of hydrogen-bond donors (Lipinski definition) is 0. The molecule has 0 fully saturated rings. The molecule has 0 bridgehead atoms. The molecule has 4 heteroatoms. The minimum absolute atomic E-state index is 0.109. The van der Waals surface area contributed by atoms with Crippen molar-refractivity contribution in [2.45, 2.75) is 13.3 Å². The number of ketones is 1. The summed E-state index contributed by atoms with van der Waals surface area (Å²) in [5, 5.41) is 8.61. The highest BCUT2D eigenvalue weighted by Gasteiger charge is 2.18. The second kappa shape index (κ2) is 3.98. The molecule has 0 spiro atoms. The minimum Gasteiger partial charge on any atom is -0.292 e. The van der Waals surface area contributed by atoms with Crippen LogP contribution in [-0.4, -0.2) is 10.8 Å². The lowest BCUT2D eigenvalue weighted by Gasteiger charge is -2.00. The minimum atomic E-state index is -0.509. The van der Waals surface area contributed by atoms with E-state index in [-0.39, 0.29) is 5.78 Å². The predicted octanol–water partition coefficient (Wildman–Crippen LogP) is 1.88. The number of Topliss-reactive ketones (excluding diaryl/α,β-unsaturated/α-hetero) is 1. The molecule has 0 aliphatic carbocycles. The van der Waals surface area contributed by atoms with Crippen LogP contribution in [0.15, 0.2) is 11.7 Å². The maximum atomic E-state index is 11.4. The monoisotopic (exact) mass is 180 g/mol. The van der Waals surface area contributed by atoms with Crippen molar-refractivity contribution in [1.82, 2.24) is 4.98 Å². The number of aromatic nitrogens is 1. The Bertz CT molecular complexity index is 299. The Labute approximate surface area is 74.7 Å². The normalized spacial score (nSPS) is 12.0. The lowest BCUT2D eigenvalue weighted by atomic mass is 10.0. The predicted molar refractivity (Wildman–Crippen MR) is 45.8 cm³/mol. The Kier molecular flexibility index (Phi) is 2.94. The zero-order chi connectivity index (χ0) is 8.97. The summed E-state index contributed by atoms with van der Waals surface area (Å²) in [5.41, 5.74) is 1.59. The van der Waals surface area contributed by atoms with Gasteiger partial charge < -0.3 is 0 Å². The van der Waals surface area contributed by atoms with E-state index in [9.17, 15) is 4.79 Å². The van der Waals surface area contributed by atoms with Crippen LogP contribution in [0.1, 0.15) is 23.0 Å². The van der Waals surface area contributed by atoms with Crippen molar-refractivity contribution < 1.29 is 4.79 Å². The SMILES string of the molecule is CCC(C#N)C(=O)c1cncs1. The maximum absolute atomic E-state index is 11.4. The number of rotatable bonds is 3. The van der Waals surface area contributed by atoms with E-state index in [0.29, 0.717) is 11.3 Å². The fraction of sp³-hybridized carbons (Fsp3) is 0.375. The van der Waals surface area contributed by atoms with Crippen LogP contribution in [0, 0.1) is 17.2 Å². The van der Waals surface area contributed by atoms with E-state index in [1.807, 2.05) is 13.0 Å². The third-order valence-corrected chi connectivity index (χ3v) is 2.34. The van der Waals surface area contributed by atoms with Crippen LogP contribution in [0.5, 0.6) is 0 Å². The number of hydrogen-bond acceptors (Lipinski definition) is 4. The van der Waals surface area contributed by atoms with Crippen molar-refractivity contribution in [3.8, 4) is 6.07 Å². The second-order valence-electron chi connectivity index (χ2n) is 2.32. The van der Waals surface area contributed by atoms with Crippen LogP contribution >= 0.6 is 11.3 Å². The molecule has 0 aliphatic rings. The topological polar surface area (TPSA) is 53.8 Å². The Morgan fingerprint density at radius 3 is 3.08 bits per heavy atom. The number of thiazole rings is 1. The van der Waals surface area contributed by atoms with E-state index in [4.69, 9.17) is 5.26 Å². The van der Waals surface area contributed by atoms with E-state index in [2.05, 4.69) is 4.98 Å². The molecule has 0 radical (unpaired) electrons. The Balaban J connectivity index is 2.79. The van der Waals surface area contributed by atoms with Crippen molar-refractivity contribution in [2.24, 2.45) is 5.92 Å². The number of carbonyl (C=O) groups excluding carboxylic acids is 1. The summed E-state index contributed by atoms with van der Waals surface area (Å²) in [5.74, 6) is -0.618. The molecule has 1 aromatic heterocycles. The van der Waals surface area contributed by atoms with Gasteiger partial charge in [-0.25, -0.2) is 0 Å². The molecule has 3 nitrogen and oxygen atoms in total. The zero-order valence-corrected chi connectivity index (χ0v) is 7.47. The van der Waals surface area contributed by atoms with Crippen LogP contribution < -0.4 is 0 Å². The van der Waals surface area contributed by atoms with Gasteiger partial charge in [-0.2, -0.15) is 5.26 Å². The van der Waals surface area contributed by atoms with Gasteiger partial charge in [0.15, 0.2) is 5.78 Å². The van der Waals surface area contributed by atoms with Gasteiger partial charge in [-0.1, -0.05) is 6.92 Å². The smallest absolute Gasteiger partial charge is 0.191 e. The first-order valence-corrected chi connectivity index (χ1v) is 4.49. The van der Waals surface area contributed by atoms with Crippen LogP contribution in [0.25, 0.3) is 0 Å². The van der Waals surface area contributed by atoms with E-state index in [1.165, 1.54) is 17.5 Å². The van der Waals surface area contributed by atoms with Crippen molar-refractivity contribution in [3.63, 3.8) is 0 Å². The van der Waals surface area contributed by atoms with Gasteiger partial charge >= 0.3 is 0 Å². The molecule has 62 valence electrons. The van der Waals surface area contributed by atoms with Gasteiger partial charge in [-0.15, -0.1) is 11.3 Å². The highest BCUT2D eigenvalue weighted by atomic mass is 32.1. The largest absolute Gasteiger partial charge is 0.292 e. The highest BCUT2D eigenvalue weighted by molar-refractivity contribution is 7.11. The molecule has 1 aromatic rings. The van der Waals surface area contributed by atoms with Gasteiger partial charge in [-0.3, -0.25) is 9.78 Å². The average molecular weight is 180 g/mol. The number of nitriles is 1. The van der Waals surface area contributed by atoms with E-state index in [1.54, 1.807) is 5.51 Å². The Morgan fingerprint density at radius 2 is 2.67 bits per heavy atom. The summed E-state index contributed by atoms with van der Waals surface area (Å²) < 4.78 is 0. The molecule has 0 saturated carbocycles. The fourth-order valence-electron chi connectivity index (χ4n) is 0.844.